The third-order valence-electron chi connectivity index (χ3n) is 5.03. The number of fused-ring (bicyclic) bond motifs is 1. The zero-order valence-electron chi connectivity index (χ0n) is 15.5. The Kier molecular flexibility index (Phi) is 4.41. The minimum atomic E-state index is 0.138. The van der Waals surface area contributed by atoms with Gasteiger partial charge in [0, 0.05) is 31.7 Å². The maximum atomic E-state index is 12.8. The summed E-state index contributed by atoms with van der Waals surface area (Å²) in [5.41, 5.74) is 5.47. The summed E-state index contributed by atoms with van der Waals surface area (Å²) in [6.07, 6.45) is 0. The highest BCUT2D eigenvalue weighted by Crippen LogP contribution is 2.32. The summed E-state index contributed by atoms with van der Waals surface area (Å²) in [4.78, 5) is 21.9. The number of anilines is 1. The van der Waals surface area contributed by atoms with Crippen molar-refractivity contribution in [1.29, 1.82) is 0 Å². The number of hydrogen-bond acceptors (Lipinski definition) is 4. The van der Waals surface area contributed by atoms with E-state index in [2.05, 4.69) is 30.9 Å². The molecule has 0 radical (unpaired) electrons. The van der Waals surface area contributed by atoms with Crippen molar-refractivity contribution in [2.75, 3.05) is 31.1 Å². The first-order chi connectivity index (χ1) is 12.5. The Bertz CT molecular complexity index is 971. The Hall–Kier alpha value is -2.40. The number of hydrogen-bond donors (Lipinski definition) is 0. The first-order valence-electron chi connectivity index (χ1n) is 9.00. The van der Waals surface area contributed by atoms with Crippen LogP contribution in [-0.4, -0.2) is 42.0 Å². The van der Waals surface area contributed by atoms with E-state index in [9.17, 15) is 4.79 Å². The van der Waals surface area contributed by atoms with Gasteiger partial charge in [0.15, 0.2) is 5.13 Å². The number of nitrogens with zero attached hydrogens (tertiary/aromatic N) is 3. The van der Waals surface area contributed by atoms with Crippen LogP contribution in [0.5, 0.6) is 0 Å². The summed E-state index contributed by atoms with van der Waals surface area (Å²) in [5, 5.41) is 1.07. The lowest BCUT2D eigenvalue weighted by molar-refractivity contribution is 0.0746. The van der Waals surface area contributed by atoms with Gasteiger partial charge in [-0.3, -0.25) is 4.79 Å². The molecule has 2 aromatic carbocycles. The number of carbonyl (C=O) groups excluding carboxylic acids is 1. The molecule has 1 aliphatic heterocycles. The van der Waals surface area contributed by atoms with E-state index in [-0.39, 0.29) is 5.91 Å². The first-order valence-corrected chi connectivity index (χ1v) is 9.82. The SMILES string of the molecule is Cc1cc(C)c2nc(N3CCN(C(=O)c4ccccc4C)CC3)sc2c1. The summed E-state index contributed by atoms with van der Waals surface area (Å²) in [6.45, 7) is 9.38. The molecule has 0 bridgehead atoms. The van der Waals surface area contributed by atoms with Crippen molar-refractivity contribution < 1.29 is 4.79 Å². The highest BCUT2D eigenvalue weighted by molar-refractivity contribution is 7.22. The molecule has 1 aliphatic rings. The first kappa shape index (κ1) is 17.0. The Morgan fingerprint density at radius 2 is 1.73 bits per heavy atom. The number of benzene rings is 2. The summed E-state index contributed by atoms with van der Waals surface area (Å²) in [5.74, 6) is 0.138. The third kappa shape index (κ3) is 3.07. The van der Waals surface area contributed by atoms with Crippen LogP contribution in [0.3, 0.4) is 0 Å². The average Bonchev–Trinajstić information content (AvgIpc) is 3.06. The molecule has 0 atom stereocenters. The molecule has 1 aromatic heterocycles. The molecule has 0 N–H and O–H groups in total. The van der Waals surface area contributed by atoms with Crippen molar-refractivity contribution in [2.45, 2.75) is 20.8 Å². The van der Waals surface area contributed by atoms with Crippen molar-refractivity contribution in [3.05, 3.63) is 58.7 Å². The highest BCUT2D eigenvalue weighted by Gasteiger charge is 2.24. The fraction of sp³-hybridized carbons (Fsp3) is 0.333. The van der Waals surface area contributed by atoms with Crippen LogP contribution < -0.4 is 4.90 Å². The number of aryl methyl sites for hydroxylation is 3. The van der Waals surface area contributed by atoms with E-state index in [1.807, 2.05) is 36.1 Å². The van der Waals surface area contributed by atoms with Crippen molar-refractivity contribution in [3.8, 4) is 0 Å². The Morgan fingerprint density at radius 3 is 2.46 bits per heavy atom. The molecule has 0 unspecified atom stereocenters. The van der Waals surface area contributed by atoms with Crippen LogP contribution in [0.1, 0.15) is 27.0 Å². The zero-order chi connectivity index (χ0) is 18.3. The summed E-state index contributed by atoms with van der Waals surface area (Å²) in [7, 11) is 0. The molecule has 1 saturated heterocycles. The zero-order valence-corrected chi connectivity index (χ0v) is 16.3. The van der Waals surface area contributed by atoms with Crippen molar-refractivity contribution >= 4 is 32.6 Å². The topological polar surface area (TPSA) is 36.4 Å². The number of thiazole rings is 1. The lowest BCUT2D eigenvalue weighted by Crippen LogP contribution is -2.48. The van der Waals surface area contributed by atoms with Crippen molar-refractivity contribution in [3.63, 3.8) is 0 Å². The smallest absolute Gasteiger partial charge is 0.254 e. The third-order valence-corrected chi connectivity index (χ3v) is 6.09. The molecular formula is C21H23N3OS. The van der Waals surface area contributed by atoms with Crippen molar-refractivity contribution in [2.24, 2.45) is 0 Å². The van der Waals surface area contributed by atoms with E-state index in [4.69, 9.17) is 4.98 Å². The lowest BCUT2D eigenvalue weighted by Gasteiger charge is -2.34. The Labute approximate surface area is 158 Å². The van der Waals surface area contributed by atoms with Gasteiger partial charge in [-0.05, 0) is 49.6 Å². The lowest BCUT2D eigenvalue weighted by atomic mass is 10.1. The normalized spacial score (nSPS) is 14.9. The maximum absolute atomic E-state index is 12.8. The van der Waals surface area contributed by atoms with Crippen LogP contribution in [0.15, 0.2) is 36.4 Å². The van der Waals surface area contributed by atoms with E-state index in [1.165, 1.54) is 15.8 Å². The highest BCUT2D eigenvalue weighted by atomic mass is 32.1. The van der Waals surface area contributed by atoms with E-state index in [0.717, 1.165) is 48.0 Å². The molecule has 26 heavy (non-hydrogen) atoms. The minimum Gasteiger partial charge on any atom is -0.345 e. The molecule has 3 aromatic rings. The van der Waals surface area contributed by atoms with Crippen LogP contribution in [0.2, 0.25) is 0 Å². The molecule has 4 nitrogen and oxygen atoms in total. The van der Waals surface area contributed by atoms with Gasteiger partial charge >= 0.3 is 0 Å². The van der Waals surface area contributed by atoms with E-state index < -0.39 is 0 Å². The van der Waals surface area contributed by atoms with Gasteiger partial charge in [0.1, 0.15) is 0 Å². The van der Waals surface area contributed by atoms with Gasteiger partial charge in [-0.15, -0.1) is 0 Å². The molecule has 0 aliphatic carbocycles. The maximum Gasteiger partial charge on any atom is 0.254 e. The van der Waals surface area contributed by atoms with Crippen molar-refractivity contribution in [1.82, 2.24) is 9.88 Å². The van der Waals surface area contributed by atoms with Crippen LogP contribution >= 0.6 is 11.3 Å². The molecule has 0 spiro atoms. The summed E-state index contributed by atoms with van der Waals surface area (Å²) >= 11 is 1.75. The number of piperazine rings is 1. The Balaban J connectivity index is 1.49. The molecule has 2 heterocycles. The van der Waals surface area contributed by atoms with Crippen LogP contribution in [0.4, 0.5) is 5.13 Å². The van der Waals surface area contributed by atoms with Crippen LogP contribution in [0.25, 0.3) is 10.2 Å². The molecular weight excluding hydrogens is 342 g/mol. The second-order valence-electron chi connectivity index (χ2n) is 7.02. The largest absolute Gasteiger partial charge is 0.345 e. The predicted molar refractivity (Wildman–Crippen MR) is 108 cm³/mol. The van der Waals surface area contributed by atoms with Crippen LogP contribution in [-0.2, 0) is 0 Å². The monoisotopic (exact) mass is 365 g/mol. The second-order valence-corrected chi connectivity index (χ2v) is 8.03. The number of carbonyl (C=O) groups is 1. The Morgan fingerprint density at radius 1 is 1.00 bits per heavy atom. The van der Waals surface area contributed by atoms with E-state index >= 15 is 0 Å². The van der Waals surface area contributed by atoms with Crippen LogP contribution in [0, 0.1) is 20.8 Å². The fourth-order valence-corrected chi connectivity index (χ4v) is 4.77. The van der Waals surface area contributed by atoms with Gasteiger partial charge in [-0.1, -0.05) is 35.6 Å². The van der Waals surface area contributed by atoms with Gasteiger partial charge in [-0.2, -0.15) is 0 Å². The number of aromatic nitrogens is 1. The van der Waals surface area contributed by atoms with E-state index in [0.29, 0.717) is 0 Å². The van der Waals surface area contributed by atoms with Gasteiger partial charge in [0.25, 0.3) is 5.91 Å². The molecule has 5 heteroatoms. The van der Waals surface area contributed by atoms with Gasteiger partial charge in [0.2, 0.25) is 0 Å². The number of amides is 1. The molecule has 4 rings (SSSR count). The quantitative estimate of drug-likeness (QED) is 0.683. The van der Waals surface area contributed by atoms with Gasteiger partial charge in [0.05, 0.1) is 10.2 Å². The molecule has 0 saturated carbocycles. The molecule has 1 fully saturated rings. The number of rotatable bonds is 2. The summed E-state index contributed by atoms with van der Waals surface area (Å²) in [6, 6.07) is 12.2. The minimum absolute atomic E-state index is 0.138. The average molecular weight is 366 g/mol. The molecule has 134 valence electrons. The van der Waals surface area contributed by atoms with E-state index in [1.54, 1.807) is 11.3 Å². The standard InChI is InChI=1S/C21H23N3OS/c1-14-12-16(3)19-18(13-14)26-21(22-19)24-10-8-23(9-11-24)20(25)17-7-5-4-6-15(17)2/h4-7,12-13H,8-11H2,1-3H3. The summed E-state index contributed by atoms with van der Waals surface area (Å²) < 4.78 is 1.25. The fourth-order valence-electron chi connectivity index (χ4n) is 3.58. The second kappa shape index (κ2) is 6.72. The molecule has 1 amide bonds. The van der Waals surface area contributed by atoms with Gasteiger partial charge < -0.3 is 9.80 Å². The predicted octanol–water partition coefficient (Wildman–Crippen LogP) is 4.18. The van der Waals surface area contributed by atoms with Gasteiger partial charge in [-0.25, -0.2) is 4.98 Å².